The van der Waals surface area contributed by atoms with Crippen LogP contribution in [-0.4, -0.2) is 24.9 Å². The van der Waals surface area contributed by atoms with Crippen LogP contribution < -0.4 is 11.2 Å². The number of imidazole rings is 1. The molecule has 29 heavy (non-hydrogen) atoms. The minimum Gasteiger partial charge on any atom is -0.313 e. The van der Waals surface area contributed by atoms with E-state index in [0.29, 0.717) is 17.7 Å². The second kappa shape index (κ2) is 8.53. The van der Waals surface area contributed by atoms with Crippen molar-refractivity contribution in [2.75, 3.05) is 5.75 Å². The minimum absolute atomic E-state index is 0.320. The van der Waals surface area contributed by atoms with Crippen molar-refractivity contribution in [2.45, 2.75) is 24.5 Å². The fourth-order valence-corrected chi connectivity index (χ4v) is 4.30. The lowest BCUT2D eigenvalue weighted by molar-refractivity contribution is 0.646. The van der Waals surface area contributed by atoms with E-state index >= 15 is 0 Å². The lowest BCUT2D eigenvalue weighted by Crippen LogP contribution is -2.33. The van der Waals surface area contributed by atoms with E-state index in [2.05, 4.69) is 34.2 Å². The quantitative estimate of drug-likeness (QED) is 0.479. The van der Waals surface area contributed by atoms with Crippen molar-refractivity contribution in [2.24, 2.45) is 7.05 Å². The smallest absolute Gasteiger partial charge is 0.313 e. The molecule has 0 radical (unpaired) electrons. The maximum absolute atomic E-state index is 12.8. The third-order valence-corrected chi connectivity index (χ3v) is 5.88. The van der Waals surface area contributed by atoms with E-state index in [1.807, 2.05) is 41.0 Å². The Morgan fingerprint density at radius 2 is 1.55 bits per heavy atom. The zero-order valence-corrected chi connectivity index (χ0v) is 17.0. The Balaban J connectivity index is 1.65. The lowest BCUT2D eigenvalue weighted by Gasteiger charge is -2.09. The van der Waals surface area contributed by atoms with E-state index in [9.17, 15) is 9.59 Å². The largest absolute Gasteiger partial charge is 0.329 e. The summed E-state index contributed by atoms with van der Waals surface area (Å²) in [5, 5.41) is 0.755. The highest BCUT2D eigenvalue weighted by atomic mass is 32.2. The summed E-state index contributed by atoms with van der Waals surface area (Å²) in [4.78, 5) is 32.1. The van der Waals surface area contributed by atoms with Gasteiger partial charge in [-0.15, -0.1) is 0 Å². The number of nitrogens with one attached hydrogen (secondary N) is 1. The Kier molecular flexibility index (Phi) is 5.67. The Bertz CT molecular complexity index is 1230. The molecule has 4 aromatic rings. The number of fused-ring (bicyclic) bond motifs is 1. The first-order valence-corrected chi connectivity index (χ1v) is 10.5. The average Bonchev–Trinajstić information content (AvgIpc) is 3.09. The van der Waals surface area contributed by atoms with Crippen LogP contribution in [0.1, 0.15) is 11.1 Å². The highest BCUT2D eigenvalue weighted by molar-refractivity contribution is 7.99. The molecule has 0 unspecified atom stereocenters. The van der Waals surface area contributed by atoms with Crippen LogP contribution in [0.2, 0.25) is 0 Å². The minimum atomic E-state index is -0.448. The van der Waals surface area contributed by atoms with Gasteiger partial charge >= 0.3 is 5.69 Å². The molecule has 2 aromatic carbocycles. The highest BCUT2D eigenvalue weighted by Gasteiger charge is 2.17. The van der Waals surface area contributed by atoms with Gasteiger partial charge in [0.05, 0.1) is 0 Å². The van der Waals surface area contributed by atoms with Crippen LogP contribution in [0.5, 0.6) is 0 Å². The Labute approximate surface area is 172 Å². The van der Waals surface area contributed by atoms with Gasteiger partial charge in [-0.1, -0.05) is 72.4 Å². The van der Waals surface area contributed by atoms with Crippen molar-refractivity contribution < 1.29 is 0 Å². The van der Waals surface area contributed by atoms with E-state index in [4.69, 9.17) is 0 Å². The number of thioether (sulfide) groups is 1. The van der Waals surface area contributed by atoms with Crippen LogP contribution >= 0.6 is 11.8 Å². The maximum atomic E-state index is 12.8. The molecule has 0 saturated heterocycles. The molecule has 1 N–H and O–H groups in total. The summed E-state index contributed by atoms with van der Waals surface area (Å²) in [5.74, 6) is 0.837. The summed E-state index contributed by atoms with van der Waals surface area (Å²) in [5.41, 5.74) is 2.49. The summed E-state index contributed by atoms with van der Waals surface area (Å²) < 4.78 is 3.04. The van der Waals surface area contributed by atoms with E-state index in [-0.39, 0.29) is 5.56 Å². The molecule has 0 spiro atoms. The van der Waals surface area contributed by atoms with Crippen LogP contribution in [0.4, 0.5) is 0 Å². The van der Waals surface area contributed by atoms with Crippen molar-refractivity contribution in [3.8, 4) is 0 Å². The van der Waals surface area contributed by atoms with E-state index in [1.54, 1.807) is 11.8 Å². The normalized spacial score (nSPS) is 11.2. The number of rotatable bonds is 7. The van der Waals surface area contributed by atoms with Crippen LogP contribution in [0.15, 0.2) is 75.4 Å². The second-order valence-corrected chi connectivity index (χ2v) is 7.92. The molecular formula is C22H22N4O2S. The van der Waals surface area contributed by atoms with E-state index in [0.717, 1.165) is 28.3 Å². The van der Waals surface area contributed by atoms with Gasteiger partial charge < -0.3 is 4.57 Å². The summed E-state index contributed by atoms with van der Waals surface area (Å²) >= 11 is 1.60. The molecule has 7 heteroatoms. The molecule has 4 rings (SSSR count). The summed E-state index contributed by atoms with van der Waals surface area (Å²) in [7, 11) is 1.48. The Morgan fingerprint density at radius 3 is 2.21 bits per heavy atom. The summed E-state index contributed by atoms with van der Waals surface area (Å²) in [6, 6.07) is 20.4. The number of aryl methyl sites for hydroxylation is 3. The Hall–Kier alpha value is -3.06. The van der Waals surface area contributed by atoms with Gasteiger partial charge in [-0.05, 0) is 24.0 Å². The first-order valence-electron chi connectivity index (χ1n) is 9.53. The highest BCUT2D eigenvalue weighted by Crippen LogP contribution is 2.22. The molecule has 2 heterocycles. The van der Waals surface area contributed by atoms with Gasteiger partial charge in [0.15, 0.2) is 16.3 Å². The van der Waals surface area contributed by atoms with Crippen LogP contribution in [0.3, 0.4) is 0 Å². The molecule has 6 nitrogen and oxygen atoms in total. The summed E-state index contributed by atoms with van der Waals surface area (Å²) in [6.45, 7) is 0.621. The average molecular weight is 407 g/mol. The molecule has 0 fully saturated rings. The van der Waals surface area contributed by atoms with Gasteiger partial charge in [0.2, 0.25) is 0 Å². The van der Waals surface area contributed by atoms with Crippen molar-refractivity contribution in [1.82, 2.24) is 19.1 Å². The van der Waals surface area contributed by atoms with Crippen LogP contribution in [0, 0.1) is 0 Å². The maximum Gasteiger partial charge on any atom is 0.329 e. The predicted molar refractivity (Wildman–Crippen MR) is 117 cm³/mol. The molecule has 0 amide bonds. The molecular weight excluding hydrogens is 384 g/mol. The molecule has 0 atom stereocenters. The molecule has 2 aromatic heterocycles. The first kappa shape index (κ1) is 19.3. The lowest BCUT2D eigenvalue weighted by atomic mass is 10.1. The van der Waals surface area contributed by atoms with Crippen molar-refractivity contribution in [3.63, 3.8) is 0 Å². The molecule has 0 aliphatic heterocycles. The number of hydrogen-bond acceptors (Lipinski definition) is 4. The fraction of sp³-hybridized carbons (Fsp3) is 0.227. The predicted octanol–water partition coefficient (Wildman–Crippen LogP) is 3.00. The first-order chi connectivity index (χ1) is 14.1. The number of nitrogens with zero attached hydrogens (tertiary/aromatic N) is 3. The van der Waals surface area contributed by atoms with Gasteiger partial charge in [0.25, 0.3) is 5.56 Å². The van der Waals surface area contributed by atoms with Gasteiger partial charge in [-0.2, -0.15) is 0 Å². The van der Waals surface area contributed by atoms with Crippen LogP contribution in [0.25, 0.3) is 11.2 Å². The van der Waals surface area contributed by atoms with Gasteiger partial charge in [-0.3, -0.25) is 14.3 Å². The molecule has 0 saturated carbocycles. The third-order valence-electron chi connectivity index (χ3n) is 4.90. The number of hydrogen-bond donors (Lipinski definition) is 1. The third kappa shape index (κ3) is 4.19. The van der Waals surface area contributed by atoms with Crippen molar-refractivity contribution >= 4 is 22.9 Å². The van der Waals surface area contributed by atoms with Crippen molar-refractivity contribution in [1.29, 1.82) is 0 Å². The number of H-pyrrole nitrogens is 1. The SMILES string of the molecule is Cn1c(=O)[nH]c2nc(SCCc3ccccc3)n(CCc3ccccc3)c2c1=O. The van der Waals surface area contributed by atoms with E-state index in [1.165, 1.54) is 18.2 Å². The Morgan fingerprint density at radius 1 is 0.931 bits per heavy atom. The zero-order valence-electron chi connectivity index (χ0n) is 16.2. The van der Waals surface area contributed by atoms with Gasteiger partial charge in [0, 0.05) is 19.3 Å². The molecule has 0 aliphatic rings. The number of aromatic nitrogens is 4. The monoisotopic (exact) mass is 406 g/mol. The molecule has 148 valence electrons. The molecule has 0 aliphatic carbocycles. The topological polar surface area (TPSA) is 72.7 Å². The standard InChI is InChI=1S/C22H22N4O2S/c1-25-20(27)18-19(23-21(25)28)24-22(29-15-13-17-10-6-3-7-11-17)26(18)14-12-16-8-4-2-5-9-16/h2-11H,12-15H2,1H3,(H,23,28). The molecule has 0 bridgehead atoms. The van der Waals surface area contributed by atoms with Crippen molar-refractivity contribution in [3.05, 3.63) is 92.6 Å². The summed E-state index contributed by atoms with van der Waals surface area (Å²) in [6.07, 6.45) is 1.68. The van der Waals surface area contributed by atoms with Gasteiger partial charge in [0.1, 0.15) is 0 Å². The zero-order chi connectivity index (χ0) is 20.2. The van der Waals surface area contributed by atoms with Crippen LogP contribution in [-0.2, 0) is 26.4 Å². The van der Waals surface area contributed by atoms with Gasteiger partial charge in [-0.25, -0.2) is 9.78 Å². The fourth-order valence-electron chi connectivity index (χ4n) is 3.28. The number of benzene rings is 2. The second-order valence-electron chi connectivity index (χ2n) is 6.86. The van der Waals surface area contributed by atoms with E-state index < -0.39 is 5.69 Å². The number of aromatic amines is 1.